The molecule has 1 saturated carbocycles. The zero-order chi connectivity index (χ0) is 13.8. The topological polar surface area (TPSA) is 104 Å². The van der Waals surface area contributed by atoms with E-state index in [2.05, 4.69) is 9.68 Å². The van der Waals surface area contributed by atoms with Gasteiger partial charge in [-0.05, 0) is 12.8 Å². The van der Waals surface area contributed by atoms with Crippen LogP contribution in [0.4, 0.5) is 0 Å². The highest BCUT2D eigenvalue weighted by Gasteiger charge is 2.29. The van der Waals surface area contributed by atoms with Gasteiger partial charge in [0.1, 0.15) is 0 Å². The van der Waals surface area contributed by atoms with Crippen molar-refractivity contribution in [3.8, 4) is 0 Å². The van der Waals surface area contributed by atoms with Crippen LogP contribution in [0.2, 0.25) is 0 Å². The summed E-state index contributed by atoms with van der Waals surface area (Å²) in [6.45, 7) is 0.0879. The first-order valence-corrected chi connectivity index (χ1v) is 6.25. The van der Waals surface area contributed by atoms with Crippen LogP contribution in [0.25, 0.3) is 0 Å². The first-order valence-electron chi connectivity index (χ1n) is 6.25. The molecule has 19 heavy (non-hydrogen) atoms. The fourth-order valence-electron chi connectivity index (χ4n) is 2.40. The molecule has 2 N–H and O–H groups in total. The number of carboxylic acid groups (broad SMARTS) is 1. The molecule has 7 heteroatoms. The Kier molecular flexibility index (Phi) is 4.16. The van der Waals surface area contributed by atoms with Crippen LogP contribution in [0.1, 0.15) is 46.7 Å². The normalized spacial score (nSPS) is 15.6. The van der Waals surface area contributed by atoms with Crippen LogP contribution in [-0.4, -0.2) is 51.3 Å². The van der Waals surface area contributed by atoms with Crippen LogP contribution < -0.4 is 0 Å². The summed E-state index contributed by atoms with van der Waals surface area (Å²) < 4.78 is 4.58. The molecule has 1 aliphatic rings. The summed E-state index contributed by atoms with van der Waals surface area (Å²) in [6, 6.07) is 1.20. The van der Waals surface area contributed by atoms with Gasteiger partial charge in [0.2, 0.25) is 5.76 Å². The van der Waals surface area contributed by atoms with Gasteiger partial charge in [0.25, 0.3) is 5.91 Å². The maximum Gasteiger partial charge on any atom is 0.374 e. The van der Waals surface area contributed by atoms with Crippen LogP contribution >= 0.6 is 0 Å². The van der Waals surface area contributed by atoms with E-state index >= 15 is 0 Å². The minimum absolute atomic E-state index is 0.0299. The second-order valence-electron chi connectivity index (χ2n) is 4.54. The molecule has 0 saturated heterocycles. The number of carbonyl (C=O) groups is 2. The molecule has 7 nitrogen and oxygen atoms in total. The lowest BCUT2D eigenvalue weighted by Crippen LogP contribution is -2.40. The van der Waals surface area contributed by atoms with Crippen molar-refractivity contribution in [2.24, 2.45) is 0 Å². The van der Waals surface area contributed by atoms with Crippen molar-refractivity contribution in [2.45, 2.75) is 31.7 Å². The molecule has 1 fully saturated rings. The molecule has 0 atom stereocenters. The molecule has 2 rings (SSSR count). The Labute approximate surface area is 109 Å². The zero-order valence-electron chi connectivity index (χ0n) is 10.4. The molecule has 0 aliphatic heterocycles. The highest BCUT2D eigenvalue weighted by molar-refractivity contribution is 5.95. The molecule has 104 valence electrons. The number of aromatic carboxylic acids is 1. The largest absolute Gasteiger partial charge is 0.475 e. The number of carboxylic acids is 1. The first-order chi connectivity index (χ1) is 9.13. The Morgan fingerprint density at radius 1 is 1.42 bits per heavy atom. The Balaban J connectivity index is 2.15. The third-order valence-electron chi connectivity index (χ3n) is 3.31. The Bertz CT molecular complexity index is 464. The van der Waals surface area contributed by atoms with Gasteiger partial charge in [-0.2, -0.15) is 0 Å². The van der Waals surface area contributed by atoms with E-state index in [9.17, 15) is 9.59 Å². The summed E-state index contributed by atoms with van der Waals surface area (Å²) in [7, 11) is 0. The van der Waals surface area contributed by atoms with Crippen molar-refractivity contribution in [1.29, 1.82) is 0 Å². The van der Waals surface area contributed by atoms with E-state index in [0.29, 0.717) is 0 Å². The van der Waals surface area contributed by atoms with E-state index in [1.165, 1.54) is 0 Å². The quantitative estimate of drug-likeness (QED) is 0.816. The van der Waals surface area contributed by atoms with Crippen LogP contribution in [0.5, 0.6) is 0 Å². The Morgan fingerprint density at radius 2 is 2.11 bits per heavy atom. The Morgan fingerprint density at radius 3 is 2.63 bits per heavy atom. The molecular weight excluding hydrogens is 252 g/mol. The van der Waals surface area contributed by atoms with Gasteiger partial charge in [-0.3, -0.25) is 4.79 Å². The summed E-state index contributed by atoms with van der Waals surface area (Å²) in [5, 5.41) is 21.3. The SMILES string of the molecule is O=C(O)c1cc(C(=O)N(CCO)C2CCCC2)no1. The minimum Gasteiger partial charge on any atom is -0.475 e. The van der Waals surface area contributed by atoms with Gasteiger partial charge >= 0.3 is 5.97 Å². The lowest BCUT2D eigenvalue weighted by Gasteiger charge is -2.27. The number of rotatable bonds is 5. The molecule has 1 aromatic rings. The number of carbonyl (C=O) groups excluding carboxylic acids is 1. The molecular formula is C12H16N2O5. The molecule has 1 heterocycles. The van der Waals surface area contributed by atoms with Crippen LogP contribution in [-0.2, 0) is 0 Å². The molecule has 0 spiro atoms. The number of aliphatic hydroxyl groups excluding tert-OH is 1. The van der Waals surface area contributed by atoms with Crippen molar-refractivity contribution < 1.29 is 24.3 Å². The maximum atomic E-state index is 12.3. The lowest BCUT2D eigenvalue weighted by atomic mass is 10.2. The average Bonchev–Trinajstić information content (AvgIpc) is 3.05. The molecule has 1 amide bonds. The summed E-state index contributed by atoms with van der Waals surface area (Å²) >= 11 is 0. The number of nitrogens with zero attached hydrogens (tertiary/aromatic N) is 2. The summed E-state index contributed by atoms with van der Waals surface area (Å²) in [6.07, 6.45) is 3.91. The number of hydrogen-bond donors (Lipinski definition) is 2. The van der Waals surface area contributed by atoms with Crippen molar-refractivity contribution in [1.82, 2.24) is 10.1 Å². The maximum absolute atomic E-state index is 12.3. The van der Waals surface area contributed by atoms with Crippen molar-refractivity contribution in [2.75, 3.05) is 13.2 Å². The third kappa shape index (κ3) is 2.93. The zero-order valence-corrected chi connectivity index (χ0v) is 10.4. The summed E-state index contributed by atoms with van der Waals surface area (Å²) in [5.41, 5.74) is -0.0299. The smallest absolute Gasteiger partial charge is 0.374 e. The van der Waals surface area contributed by atoms with Crippen LogP contribution in [0, 0.1) is 0 Å². The van der Waals surface area contributed by atoms with E-state index in [1.807, 2.05) is 0 Å². The van der Waals surface area contributed by atoms with Crippen LogP contribution in [0.3, 0.4) is 0 Å². The van der Waals surface area contributed by atoms with Gasteiger partial charge in [-0.25, -0.2) is 4.79 Å². The van der Waals surface area contributed by atoms with E-state index in [-0.39, 0.29) is 30.6 Å². The molecule has 1 aliphatic carbocycles. The fourth-order valence-corrected chi connectivity index (χ4v) is 2.40. The van der Waals surface area contributed by atoms with Gasteiger partial charge in [-0.1, -0.05) is 18.0 Å². The fraction of sp³-hybridized carbons (Fsp3) is 0.583. The highest BCUT2D eigenvalue weighted by Crippen LogP contribution is 2.24. The Hall–Kier alpha value is -1.89. The van der Waals surface area contributed by atoms with Gasteiger partial charge < -0.3 is 19.6 Å². The number of amides is 1. The summed E-state index contributed by atoms with van der Waals surface area (Å²) in [4.78, 5) is 24.5. The van der Waals surface area contributed by atoms with E-state index in [0.717, 1.165) is 31.7 Å². The second kappa shape index (κ2) is 5.83. The molecule has 0 radical (unpaired) electrons. The van der Waals surface area contributed by atoms with Gasteiger partial charge in [0, 0.05) is 18.7 Å². The van der Waals surface area contributed by atoms with Crippen molar-refractivity contribution in [3.63, 3.8) is 0 Å². The highest BCUT2D eigenvalue weighted by atomic mass is 16.5. The van der Waals surface area contributed by atoms with Crippen molar-refractivity contribution in [3.05, 3.63) is 17.5 Å². The number of aromatic nitrogens is 1. The van der Waals surface area contributed by atoms with Gasteiger partial charge in [0.05, 0.1) is 6.61 Å². The monoisotopic (exact) mass is 268 g/mol. The van der Waals surface area contributed by atoms with Crippen LogP contribution in [0.15, 0.2) is 10.6 Å². The molecule has 1 aromatic heterocycles. The number of aliphatic hydroxyl groups is 1. The summed E-state index contributed by atoms with van der Waals surface area (Å²) in [5.74, 6) is -2.02. The lowest BCUT2D eigenvalue weighted by molar-refractivity contribution is 0.0618. The molecule has 0 aromatic carbocycles. The van der Waals surface area contributed by atoms with E-state index in [1.54, 1.807) is 4.90 Å². The van der Waals surface area contributed by atoms with E-state index in [4.69, 9.17) is 10.2 Å². The predicted molar refractivity (Wildman–Crippen MR) is 63.8 cm³/mol. The first kappa shape index (κ1) is 13.5. The van der Waals surface area contributed by atoms with Gasteiger partial charge in [-0.15, -0.1) is 0 Å². The number of hydrogen-bond acceptors (Lipinski definition) is 5. The van der Waals surface area contributed by atoms with E-state index < -0.39 is 11.9 Å². The minimum atomic E-state index is -1.26. The molecule has 0 unspecified atom stereocenters. The average molecular weight is 268 g/mol. The van der Waals surface area contributed by atoms with Crippen molar-refractivity contribution >= 4 is 11.9 Å². The second-order valence-corrected chi connectivity index (χ2v) is 4.54. The predicted octanol–water partition coefficient (Wildman–Crippen LogP) is 0.750. The molecule has 0 bridgehead atoms. The standard InChI is InChI=1S/C12H16N2O5/c15-6-5-14(8-3-1-2-4-8)11(16)9-7-10(12(17)18)19-13-9/h7-8,15H,1-6H2,(H,17,18). The third-order valence-corrected chi connectivity index (χ3v) is 3.31. The van der Waals surface area contributed by atoms with Gasteiger partial charge in [0.15, 0.2) is 5.69 Å².